The summed E-state index contributed by atoms with van der Waals surface area (Å²) in [7, 11) is -1.53. The Balaban J connectivity index is 4.23. The van der Waals surface area contributed by atoms with Gasteiger partial charge in [0.05, 0.1) is 17.1 Å². The van der Waals surface area contributed by atoms with Crippen molar-refractivity contribution in [3.05, 3.63) is 0 Å². The number of sulfone groups is 1. The van der Waals surface area contributed by atoms with Crippen LogP contribution in [0, 0.1) is 0 Å². The SMILES string of the molecule is COC(C)CS(=O)(=O)C(C)CCN. The van der Waals surface area contributed by atoms with Gasteiger partial charge in [-0.1, -0.05) is 0 Å². The van der Waals surface area contributed by atoms with Gasteiger partial charge in [0, 0.05) is 7.11 Å². The predicted octanol–water partition coefficient (Wildman–Crippen LogP) is 0.173. The molecule has 0 aromatic rings. The van der Waals surface area contributed by atoms with E-state index in [0.29, 0.717) is 13.0 Å². The molecule has 0 saturated heterocycles. The zero-order valence-electron chi connectivity index (χ0n) is 8.49. The van der Waals surface area contributed by atoms with Gasteiger partial charge in [0.2, 0.25) is 0 Å². The van der Waals surface area contributed by atoms with Gasteiger partial charge in [-0.2, -0.15) is 0 Å². The third kappa shape index (κ3) is 4.59. The molecule has 80 valence electrons. The van der Waals surface area contributed by atoms with Gasteiger partial charge in [-0.3, -0.25) is 0 Å². The summed E-state index contributed by atoms with van der Waals surface area (Å²) in [5.74, 6) is 0.0741. The lowest BCUT2D eigenvalue weighted by Gasteiger charge is -2.14. The number of methoxy groups -OCH3 is 1. The Kier molecular flexibility index (Phi) is 5.51. The molecule has 0 heterocycles. The highest BCUT2D eigenvalue weighted by atomic mass is 32.2. The quantitative estimate of drug-likeness (QED) is 0.677. The van der Waals surface area contributed by atoms with Gasteiger partial charge in [0.15, 0.2) is 9.84 Å². The molecule has 0 aliphatic heterocycles. The monoisotopic (exact) mass is 209 g/mol. The number of rotatable bonds is 6. The van der Waals surface area contributed by atoms with Gasteiger partial charge < -0.3 is 10.5 Å². The fraction of sp³-hybridized carbons (Fsp3) is 1.00. The lowest BCUT2D eigenvalue weighted by Crippen LogP contribution is -2.29. The Morgan fingerprint density at radius 3 is 2.31 bits per heavy atom. The molecule has 0 bridgehead atoms. The van der Waals surface area contributed by atoms with E-state index < -0.39 is 9.84 Å². The molecular weight excluding hydrogens is 190 g/mol. The topological polar surface area (TPSA) is 69.4 Å². The Hall–Kier alpha value is -0.130. The van der Waals surface area contributed by atoms with Crippen molar-refractivity contribution in [1.29, 1.82) is 0 Å². The molecule has 0 spiro atoms. The minimum absolute atomic E-state index is 0.0741. The van der Waals surface area contributed by atoms with Crippen LogP contribution < -0.4 is 5.73 Å². The standard InChI is InChI=1S/C8H19NO3S/c1-7(12-3)6-13(10,11)8(2)4-5-9/h7-8H,4-6,9H2,1-3H3. The molecule has 4 nitrogen and oxygen atoms in total. The lowest BCUT2D eigenvalue weighted by atomic mass is 10.3. The highest BCUT2D eigenvalue weighted by molar-refractivity contribution is 7.92. The molecule has 2 atom stereocenters. The molecular formula is C8H19NO3S. The Morgan fingerprint density at radius 2 is 1.92 bits per heavy atom. The van der Waals surface area contributed by atoms with Crippen molar-refractivity contribution in [2.75, 3.05) is 19.4 Å². The minimum Gasteiger partial charge on any atom is -0.381 e. The molecule has 0 aromatic carbocycles. The van der Waals surface area contributed by atoms with E-state index in [4.69, 9.17) is 10.5 Å². The number of nitrogens with two attached hydrogens (primary N) is 1. The van der Waals surface area contributed by atoms with Crippen LogP contribution in [-0.4, -0.2) is 39.2 Å². The van der Waals surface area contributed by atoms with Gasteiger partial charge in [-0.05, 0) is 26.8 Å². The van der Waals surface area contributed by atoms with Crippen molar-refractivity contribution in [3.63, 3.8) is 0 Å². The first-order chi connectivity index (χ1) is 5.94. The molecule has 0 amide bonds. The van der Waals surface area contributed by atoms with E-state index >= 15 is 0 Å². The maximum absolute atomic E-state index is 11.6. The van der Waals surface area contributed by atoms with Crippen LogP contribution in [0.5, 0.6) is 0 Å². The maximum Gasteiger partial charge on any atom is 0.155 e. The Labute approximate surface area is 80.4 Å². The molecule has 2 N–H and O–H groups in total. The van der Waals surface area contributed by atoms with Crippen LogP contribution in [0.3, 0.4) is 0 Å². The van der Waals surface area contributed by atoms with Crippen LogP contribution in [0.4, 0.5) is 0 Å². The zero-order valence-corrected chi connectivity index (χ0v) is 9.30. The fourth-order valence-electron chi connectivity index (χ4n) is 0.974. The van der Waals surface area contributed by atoms with E-state index in [2.05, 4.69) is 0 Å². The molecule has 0 fully saturated rings. The summed E-state index contributed by atoms with van der Waals surface area (Å²) in [6.45, 7) is 3.83. The fourth-order valence-corrected chi connectivity index (χ4v) is 2.59. The number of hydrogen-bond donors (Lipinski definition) is 1. The predicted molar refractivity (Wildman–Crippen MR) is 53.4 cm³/mol. The van der Waals surface area contributed by atoms with Crippen molar-refractivity contribution in [2.45, 2.75) is 31.6 Å². The molecule has 0 saturated carbocycles. The van der Waals surface area contributed by atoms with Gasteiger partial charge in [0.1, 0.15) is 0 Å². The molecule has 0 rings (SSSR count). The van der Waals surface area contributed by atoms with Crippen molar-refractivity contribution in [3.8, 4) is 0 Å². The second-order valence-corrected chi connectivity index (χ2v) is 5.73. The van der Waals surface area contributed by atoms with Crippen LogP contribution in [0.1, 0.15) is 20.3 Å². The van der Waals surface area contributed by atoms with Gasteiger partial charge >= 0.3 is 0 Å². The van der Waals surface area contributed by atoms with Crippen LogP contribution >= 0.6 is 0 Å². The molecule has 13 heavy (non-hydrogen) atoms. The summed E-state index contributed by atoms with van der Waals surface area (Å²) in [6, 6.07) is 0. The minimum atomic E-state index is -3.04. The lowest BCUT2D eigenvalue weighted by molar-refractivity contribution is 0.136. The maximum atomic E-state index is 11.6. The van der Waals surface area contributed by atoms with E-state index in [1.54, 1.807) is 13.8 Å². The largest absolute Gasteiger partial charge is 0.381 e. The van der Waals surface area contributed by atoms with Crippen molar-refractivity contribution >= 4 is 9.84 Å². The second kappa shape index (κ2) is 5.57. The normalized spacial score (nSPS) is 16.9. The van der Waals surface area contributed by atoms with E-state index in [9.17, 15) is 8.42 Å². The first kappa shape index (κ1) is 12.9. The Morgan fingerprint density at radius 1 is 1.38 bits per heavy atom. The third-order valence-corrected chi connectivity index (χ3v) is 4.45. The van der Waals surface area contributed by atoms with Crippen LogP contribution in [0.15, 0.2) is 0 Å². The molecule has 5 heteroatoms. The average Bonchev–Trinajstić information content (AvgIpc) is 2.04. The average molecular weight is 209 g/mol. The van der Waals surface area contributed by atoms with E-state index in [-0.39, 0.29) is 17.1 Å². The summed E-state index contributed by atoms with van der Waals surface area (Å²) in [4.78, 5) is 0. The van der Waals surface area contributed by atoms with E-state index in [0.717, 1.165) is 0 Å². The van der Waals surface area contributed by atoms with Gasteiger partial charge in [-0.15, -0.1) is 0 Å². The summed E-state index contributed by atoms with van der Waals surface area (Å²) in [6.07, 6.45) is 0.268. The molecule has 0 aliphatic rings. The Bertz CT molecular complexity index is 226. The molecule has 2 unspecified atom stereocenters. The number of hydrogen-bond acceptors (Lipinski definition) is 4. The smallest absolute Gasteiger partial charge is 0.155 e. The zero-order chi connectivity index (χ0) is 10.5. The van der Waals surface area contributed by atoms with Gasteiger partial charge in [0.25, 0.3) is 0 Å². The molecule has 0 aliphatic carbocycles. The summed E-state index contributed by atoms with van der Waals surface area (Å²) in [5.41, 5.74) is 5.29. The molecule has 0 aromatic heterocycles. The van der Waals surface area contributed by atoms with Gasteiger partial charge in [-0.25, -0.2) is 8.42 Å². The van der Waals surface area contributed by atoms with Crippen LogP contribution in [0.2, 0.25) is 0 Å². The highest BCUT2D eigenvalue weighted by Crippen LogP contribution is 2.08. The van der Waals surface area contributed by atoms with Crippen molar-refractivity contribution < 1.29 is 13.2 Å². The second-order valence-electron chi connectivity index (χ2n) is 3.26. The van der Waals surface area contributed by atoms with Crippen LogP contribution in [-0.2, 0) is 14.6 Å². The molecule has 0 radical (unpaired) electrons. The first-order valence-electron chi connectivity index (χ1n) is 4.38. The summed E-state index contributed by atoms with van der Waals surface area (Å²) in [5, 5.41) is -0.366. The summed E-state index contributed by atoms with van der Waals surface area (Å²) < 4.78 is 28.0. The first-order valence-corrected chi connectivity index (χ1v) is 6.10. The van der Waals surface area contributed by atoms with E-state index in [1.165, 1.54) is 7.11 Å². The third-order valence-electron chi connectivity index (χ3n) is 2.06. The number of ether oxygens (including phenoxy) is 1. The van der Waals surface area contributed by atoms with E-state index in [1.807, 2.05) is 0 Å². The van der Waals surface area contributed by atoms with Crippen molar-refractivity contribution in [1.82, 2.24) is 0 Å². The highest BCUT2D eigenvalue weighted by Gasteiger charge is 2.22. The summed E-state index contributed by atoms with van der Waals surface area (Å²) >= 11 is 0. The van der Waals surface area contributed by atoms with Crippen molar-refractivity contribution in [2.24, 2.45) is 5.73 Å². The van der Waals surface area contributed by atoms with Crippen LogP contribution in [0.25, 0.3) is 0 Å².